The van der Waals surface area contributed by atoms with Crippen molar-refractivity contribution in [1.82, 2.24) is 14.3 Å². The molecule has 0 saturated carbocycles. The molecule has 0 atom stereocenters. The molecule has 2 aromatic heterocycles. The van der Waals surface area contributed by atoms with Crippen LogP contribution in [0.1, 0.15) is 27.7 Å². The lowest BCUT2D eigenvalue weighted by Gasteiger charge is -2.08. The summed E-state index contributed by atoms with van der Waals surface area (Å²) >= 11 is 6.85. The van der Waals surface area contributed by atoms with Gasteiger partial charge in [-0.25, -0.2) is 13.8 Å². The van der Waals surface area contributed by atoms with E-state index in [1.807, 2.05) is 0 Å². The Balaban J connectivity index is 1.74. The molecule has 0 spiro atoms. The highest BCUT2D eigenvalue weighted by molar-refractivity contribution is 7.08. The Labute approximate surface area is 168 Å². The van der Waals surface area contributed by atoms with Crippen molar-refractivity contribution in [3.8, 4) is 6.01 Å². The number of carbonyl (C=O) groups is 1. The van der Waals surface area contributed by atoms with Crippen LogP contribution in [0.2, 0.25) is 5.15 Å². The van der Waals surface area contributed by atoms with Gasteiger partial charge in [-0.1, -0.05) is 35.9 Å². The van der Waals surface area contributed by atoms with Crippen LogP contribution in [0.4, 0.5) is 14.6 Å². The molecule has 1 aromatic carbocycles. The molecule has 1 amide bonds. The maximum absolute atomic E-state index is 14.0. The summed E-state index contributed by atoms with van der Waals surface area (Å²) in [5.41, 5.74) is 1.11. The van der Waals surface area contributed by atoms with Gasteiger partial charge in [-0.05, 0) is 36.2 Å². The molecule has 1 N–H and O–H groups in total. The topological polar surface area (TPSA) is 77.0 Å². The maximum Gasteiger partial charge on any atom is 0.318 e. The van der Waals surface area contributed by atoms with Gasteiger partial charge in [0.05, 0.1) is 6.20 Å². The second-order valence-corrected chi connectivity index (χ2v) is 6.57. The first-order valence-corrected chi connectivity index (χ1v) is 9.12. The number of allylic oxidation sites excluding steroid dienone is 1. The first-order chi connectivity index (χ1) is 13.5. The fourth-order valence-corrected chi connectivity index (χ4v) is 3.14. The predicted octanol–water partition coefficient (Wildman–Crippen LogP) is 4.73. The number of ether oxygens (including phenoxy) is 1. The van der Waals surface area contributed by atoms with Crippen molar-refractivity contribution >= 4 is 40.9 Å². The quantitative estimate of drug-likeness (QED) is 0.621. The molecular weight excluding hydrogens is 410 g/mol. The van der Waals surface area contributed by atoms with Crippen LogP contribution < -0.4 is 10.1 Å². The smallest absolute Gasteiger partial charge is 0.318 e. The van der Waals surface area contributed by atoms with Crippen LogP contribution in [0.3, 0.4) is 0 Å². The highest BCUT2D eigenvalue weighted by Crippen LogP contribution is 2.26. The molecule has 0 radical (unpaired) electrons. The van der Waals surface area contributed by atoms with Crippen molar-refractivity contribution in [2.45, 2.75) is 13.5 Å². The molecule has 0 aliphatic carbocycles. The maximum atomic E-state index is 14.0. The third-order valence-corrected chi connectivity index (χ3v) is 4.71. The largest absolute Gasteiger partial charge is 0.459 e. The van der Waals surface area contributed by atoms with Crippen LogP contribution in [-0.2, 0) is 6.61 Å². The lowest BCUT2D eigenvalue weighted by atomic mass is 10.2. The normalized spacial score (nSPS) is 11.0. The fraction of sp³-hybridized carbons (Fsp3) is 0.111. The Morgan fingerprint density at radius 2 is 2.07 bits per heavy atom. The van der Waals surface area contributed by atoms with E-state index >= 15 is 0 Å². The zero-order valence-corrected chi connectivity index (χ0v) is 16.0. The van der Waals surface area contributed by atoms with E-state index < -0.39 is 11.7 Å². The molecule has 10 heteroatoms. The number of nitrogens with zero attached hydrogens (tertiary/aromatic N) is 3. The third kappa shape index (κ3) is 4.68. The number of rotatable bonds is 6. The van der Waals surface area contributed by atoms with Gasteiger partial charge >= 0.3 is 6.01 Å². The number of aromatic nitrogens is 3. The number of nitrogens with one attached hydrogen (secondary N) is 1. The Morgan fingerprint density at radius 3 is 2.79 bits per heavy atom. The third-order valence-electron chi connectivity index (χ3n) is 3.46. The molecule has 0 bridgehead atoms. The number of anilines is 1. The van der Waals surface area contributed by atoms with E-state index in [0.717, 1.165) is 17.7 Å². The van der Waals surface area contributed by atoms with Gasteiger partial charge in [-0.2, -0.15) is 9.36 Å². The van der Waals surface area contributed by atoms with Crippen molar-refractivity contribution in [2.24, 2.45) is 0 Å². The van der Waals surface area contributed by atoms with E-state index in [2.05, 4.69) is 19.7 Å². The summed E-state index contributed by atoms with van der Waals surface area (Å²) in [6.45, 7) is 1.82. The van der Waals surface area contributed by atoms with E-state index in [4.69, 9.17) is 16.3 Å². The van der Waals surface area contributed by atoms with Crippen molar-refractivity contribution in [3.63, 3.8) is 0 Å². The van der Waals surface area contributed by atoms with Crippen LogP contribution in [0.15, 0.2) is 36.5 Å². The van der Waals surface area contributed by atoms with Crippen molar-refractivity contribution in [1.29, 1.82) is 0 Å². The average Bonchev–Trinajstić information content (AvgIpc) is 3.04. The molecule has 0 aliphatic heterocycles. The Hall–Kier alpha value is -2.91. The van der Waals surface area contributed by atoms with Crippen molar-refractivity contribution in [3.05, 3.63) is 69.3 Å². The Bertz CT molecular complexity index is 1020. The van der Waals surface area contributed by atoms with E-state index in [1.165, 1.54) is 24.3 Å². The van der Waals surface area contributed by atoms with E-state index in [1.54, 1.807) is 19.1 Å². The highest BCUT2D eigenvalue weighted by Gasteiger charge is 2.19. The summed E-state index contributed by atoms with van der Waals surface area (Å²) in [7, 11) is 0. The minimum atomic E-state index is -0.828. The second kappa shape index (κ2) is 8.85. The molecule has 0 saturated heterocycles. The summed E-state index contributed by atoms with van der Waals surface area (Å²) in [6, 6.07) is 5.52. The SMILES string of the molecule is C/C=C/c1c(Cl)nsc1C(=O)Nc1nc(OCc2ccc(F)cc2)ncc1F. The summed E-state index contributed by atoms with van der Waals surface area (Å²) in [4.78, 5) is 20.3. The van der Waals surface area contributed by atoms with Crippen LogP contribution >= 0.6 is 23.1 Å². The second-order valence-electron chi connectivity index (χ2n) is 5.43. The number of hydrogen-bond acceptors (Lipinski definition) is 6. The van der Waals surface area contributed by atoms with Gasteiger partial charge in [0, 0.05) is 5.56 Å². The lowest BCUT2D eigenvalue weighted by molar-refractivity contribution is 0.102. The molecule has 6 nitrogen and oxygen atoms in total. The Morgan fingerprint density at radius 1 is 1.32 bits per heavy atom. The number of hydrogen-bond donors (Lipinski definition) is 1. The molecule has 144 valence electrons. The van der Waals surface area contributed by atoms with Crippen LogP contribution in [0, 0.1) is 11.6 Å². The molecule has 3 aromatic rings. The summed E-state index contributed by atoms with van der Waals surface area (Å²) in [6.07, 6.45) is 4.22. The number of benzene rings is 1. The fourth-order valence-electron chi connectivity index (χ4n) is 2.15. The summed E-state index contributed by atoms with van der Waals surface area (Å²) in [5.74, 6) is -2.15. The molecule has 2 heterocycles. The van der Waals surface area contributed by atoms with E-state index in [9.17, 15) is 13.6 Å². The van der Waals surface area contributed by atoms with Crippen molar-refractivity contribution in [2.75, 3.05) is 5.32 Å². The first kappa shape index (κ1) is 19.8. The minimum Gasteiger partial charge on any atom is -0.459 e. The van der Waals surface area contributed by atoms with Gasteiger partial charge < -0.3 is 10.1 Å². The molecule has 0 aliphatic rings. The minimum absolute atomic E-state index is 0.0508. The molecule has 0 fully saturated rings. The van der Waals surface area contributed by atoms with Crippen LogP contribution in [-0.4, -0.2) is 20.2 Å². The van der Waals surface area contributed by atoms with Gasteiger partial charge in [0.25, 0.3) is 5.91 Å². The first-order valence-electron chi connectivity index (χ1n) is 7.97. The van der Waals surface area contributed by atoms with Crippen LogP contribution in [0.5, 0.6) is 6.01 Å². The van der Waals surface area contributed by atoms with Gasteiger partial charge in [0.15, 0.2) is 16.8 Å². The van der Waals surface area contributed by atoms with Crippen LogP contribution in [0.25, 0.3) is 6.08 Å². The van der Waals surface area contributed by atoms with Crippen molar-refractivity contribution < 1.29 is 18.3 Å². The average molecular weight is 423 g/mol. The van der Waals surface area contributed by atoms with E-state index in [-0.39, 0.29) is 34.3 Å². The molecular formula is C18H13ClF2N4O2S. The highest BCUT2D eigenvalue weighted by atomic mass is 35.5. The van der Waals surface area contributed by atoms with Gasteiger partial charge in [-0.3, -0.25) is 4.79 Å². The standard InChI is InChI=1S/C18H13ClF2N4O2S/c1-2-3-12-14(28-25-15(12)19)17(26)23-16-13(21)8-22-18(24-16)27-9-10-4-6-11(20)7-5-10/h2-8H,9H2,1H3,(H,22,23,24,26)/b3-2+. The van der Waals surface area contributed by atoms with Gasteiger partial charge in [-0.15, -0.1) is 0 Å². The Kier molecular flexibility index (Phi) is 6.27. The summed E-state index contributed by atoms with van der Waals surface area (Å²) in [5, 5.41) is 2.55. The lowest BCUT2D eigenvalue weighted by Crippen LogP contribution is -2.15. The molecule has 3 rings (SSSR count). The van der Waals surface area contributed by atoms with Gasteiger partial charge in [0.1, 0.15) is 17.3 Å². The predicted molar refractivity (Wildman–Crippen MR) is 103 cm³/mol. The molecule has 0 unspecified atom stereocenters. The number of carbonyl (C=O) groups excluding carboxylic acids is 1. The molecule has 28 heavy (non-hydrogen) atoms. The number of amides is 1. The zero-order chi connectivity index (χ0) is 20.1. The van der Waals surface area contributed by atoms with E-state index in [0.29, 0.717) is 11.1 Å². The number of halogens is 3. The summed E-state index contributed by atoms with van der Waals surface area (Å²) < 4.78 is 36.2. The monoisotopic (exact) mass is 422 g/mol. The zero-order valence-electron chi connectivity index (χ0n) is 14.4. The van der Waals surface area contributed by atoms with Gasteiger partial charge in [0.2, 0.25) is 0 Å².